The minimum Gasteiger partial charge on any atom is -0.481 e. The number of aliphatic hydroxyl groups is 2. The highest BCUT2D eigenvalue weighted by Crippen LogP contribution is 2.23. The van der Waals surface area contributed by atoms with Gasteiger partial charge in [-0.1, -0.05) is 46.0 Å². The first-order chi connectivity index (χ1) is 8.43. The Bertz CT molecular complexity index is 226. The van der Waals surface area contributed by atoms with Gasteiger partial charge in [-0.3, -0.25) is 4.79 Å². The SMILES string of the molecule is CCCCCCCCC(O)(O)CC(CC)C(=O)O. The second kappa shape index (κ2) is 9.34. The van der Waals surface area contributed by atoms with Gasteiger partial charge in [-0.25, -0.2) is 0 Å². The van der Waals surface area contributed by atoms with E-state index in [4.69, 9.17) is 5.11 Å². The van der Waals surface area contributed by atoms with Crippen LogP contribution in [0.25, 0.3) is 0 Å². The molecule has 108 valence electrons. The van der Waals surface area contributed by atoms with Crippen LogP contribution in [0, 0.1) is 5.92 Å². The van der Waals surface area contributed by atoms with Gasteiger partial charge in [-0.15, -0.1) is 0 Å². The summed E-state index contributed by atoms with van der Waals surface area (Å²) < 4.78 is 0. The zero-order valence-electron chi connectivity index (χ0n) is 11.7. The van der Waals surface area contributed by atoms with Crippen LogP contribution in [-0.2, 0) is 4.79 Å². The predicted octanol–water partition coefficient (Wildman–Crippen LogP) is 2.92. The van der Waals surface area contributed by atoms with E-state index in [1.807, 2.05) is 0 Å². The Labute approximate surface area is 110 Å². The van der Waals surface area contributed by atoms with Crippen LogP contribution in [0.5, 0.6) is 0 Å². The van der Waals surface area contributed by atoms with Crippen LogP contribution < -0.4 is 0 Å². The van der Waals surface area contributed by atoms with Gasteiger partial charge >= 0.3 is 5.97 Å². The Morgan fingerprint density at radius 3 is 2.11 bits per heavy atom. The molecule has 0 heterocycles. The molecule has 0 aromatic rings. The summed E-state index contributed by atoms with van der Waals surface area (Å²) in [6.45, 7) is 3.91. The van der Waals surface area contributed by atoms with Gasteiger partial charge in [0.15, 0.2) is 5.79 Å². The molecule has 0 amide bonds. The molecule has 0 rings (SSSR count). The molecule has 0 aliphatic rings. The number of rotatable bonds is 11. The number of carboxylic acid groups (broad SMARTS) is 1. The number of unbranched alkanes of at least 4 members (excludes halogenated alkanes) is 5. The molecule has 18 heavy (non-hydrogen) atoms. The molecule has 0 aromatic heterocycles. The minimum absolute atomic E-state index is 0.0756. The highest BCUT2D eigenvalue weighted by Gasteiger charge is 2.29. The fraction of sp³-hybridized carbons (Fsp3) is 0.929. The smallest absolute Gasteiger partial charge is 0.306 e. The summed E-state index contributed by atoms with van der Waals surface area (Å²) in [7, 11) is 0. The molecule has 0 fully saturated rings. The zero-order chi connectivity index (χ0) is 14.0. The molecule has 0 bridgehead atoms. The van der Waals surface area contributed by atoms with Crippen molar-refractivity contribution in [2.24, 2.45) is 5.92 Å². The first-order valence-electron chi connectivity index (χ1n) is 7.10. The second-order valence-electron chi connectivity index (χ2n) is 5.15. The monoisotopic (exact) mass is 260 g/mol. The molecule has 0 saturated carbocycles. The Morgan fingerprint density at radius 1 is 1.06 bits per heavy atom. The van der Waals surface area contributed by atoms with E-state index in [-0.39, 0.29) is 12.8 Å². The standard InChI is InChI=1S/C14H28O4/c1-3-5-6-7-8-9-10-14(17,18)11-12(4-2)13(15)16/h12,17-18H,3-11H2,1-2H3,(H,15,16). The van der Waals surface area contributed by atoms with E-state index in [9.17, 15) is 15.0 Å². The number of hydrogen-bond acceptors (Lipinski definition) is 3. The van der Waals surface area contributed by atoms with Crippen molar-refractivity contribution in [2.45, 2.75) is 77.4 Å². The van der Waals surface area contributed by atoms with Crippen LogP contribution in [0.3, 0.4) is 0 Å². The lowest BCUT2D eigenvalue weighted by Crippen LogP contribution is -2.33. The quantitative estimate of drug-likeness (QED) is 0.394. The molecule has 0 aliphatic heterocycles. The summed E-state index contributed by atoms with van der Waals surface area (Å²) in [4.78, 5) is 10.8. The van der Waals surface area contributed by atoms with Crippen LogP contribution in [-0.4, -0.2) is 27.1 Å². The molecule has 0 aromatic carbocycles. The number of aliphatic carboxylic acids is 1. The summed E-state index contributed by atoms with van der Waals surface area (Å²) >= 11 is 0. The third-order valence-corrected chi connectivity index (χ3v) is 3.35. The van der Waals surface area contributed by atoms with E-state index in [1.54, 1.807) is 6.92 Å². The van der Waals surface area contributed by atoms with Gasteiger partial charge in [0.25, 0.3) is 0 Å². The number of carboxylic acids is 1. The maximum atomic E-state index is 10.8. The predicted molar refractivity (Wildman–Crippen MR) is 71.2 cm³/mol. The van der Waals surface area contributed by atoms with Gasteiger partial charge in [-0.2, -0.15) is 0 Å². The van der Waals surface area contributed by atoms with Crippen molar-refractivity contribution in [3.8, 4) is 0 Å². The first-order valence-corrected chi connectivity index (χ1v) is 7.10. The second-order valence-corrected chi connectivity index (χ2v) is 5.15. The molecule has 0 radical (unpaired) electrons. The molecule has 1 unspecified atom stereocenters. The van der Waals surface area contributed by atoms with Crippen molar-refractivity contribution < 1.29 is 20.1 Å². The summed E-state index contributed by atoms with van der Waals surface area (Å²) in [5.74, 6) is -3.45. The van der Waals surface area contributed by atoms with Crippen LogP contribution >= 0.6 is 0 Å². The molecular weight excluding hydrogens is 232 g/mol. The number of hydrogen-bond donors (Lipinski definition) is 3. The molecule has 4 nitrogen and oxygen atoms in total. The average molecular weight is 260 g/mol. The maximum absolute atomic E-state index is 10.8. The number of carbonyl (C=O) groups is 1. The Balaban J connectivity index is 3.81. The fourth-order valence-electron chi connectivity index (χ4n) is 2.09. The summed E-state index contributed by atoms with van der Waals surface area (Å²) in [5.41, 5.74) is 0. The average Bonchev–Trinajstić information content (AvgIpc) is 2.30. The summed E-state index contributed by atoms with van der Waals surface area (Å²) in [6.07, 6.45) is 7.05. The highest BCUT2D eigenvalue weighted by atomic mass is 16.5. The normalized spacial score (nSPS) is 13.6. The van der Waals surface area contributed by atoms with Crippen molar-refractivity contribution in [1.29, 1.82) is 0 Å². The van der Waals surface area contributed by atoms with Crippen LogP contribution in [0.2, 0.25) is 0 Å². The highest BCUT2D eigenvalue weighted by molar-refractivity contribution is 5.69. The third-order valence-electron chi connectivity index (χ3n) is 3.35. The molecular formula is C14H28O4. The molecule has 0 spiro atoms. The maximum Gasteiger partial charge on any atom is 0.306 e. The van der Waals surface area contributed by atoms with Gasteiger partial charge in [0.05, 0.1) is 5.92 Å². The Kier molecular flexibility index (Phi) is 9.02. The lowest BCUT2D eigenvalue weighted by Gasteiger charge is -2.24. The van der Waals surface area contributed by atoms with E-state index >= 15 is 0 Å². The molecule has 3 N–H and O–H groups in total. The summed E-state index contributed by atoms with van der Waals surface area (Å²) in [6, 6.07) is 0. The molecule has 1 atom stereocenters. The van der Waals surface area contributed by atoms with E-state index in [2.05, 4.69) is 6.92 Å². The van der Waals surface area contributed by atoms with E-state index in [1.165, 1.54) is 19.3 Å². The lowest BCUT2D eigenvalue weighted by molar-refractivity contribution is -0.185. The Hall–Kier alpha value is -0.610. The fourth-order valence-corrected chi connectivity index (χ4v) is 2.09. The third kappa shape index (κ3) is 8.48. The van der Waals surface area contributed by atoms with Gasteiger partial charge in [0.2, 0.25) is 0 Å². The van der Waals surface area contributed by atoms with E-state index in [0.717, 1.165) is 19.3 Å². The summed E-state index contributed by atoms with van der Waals surface area (Å²) in [5, 5.41) is 28.4. The van der Waals surface area contributed by atoms with Crippen molar-refractivity contribution in [2.75, 3.05) is 0 Å². The van der Waals surface area contributed by atoms with Crippen LogP contribution in [0.15, 0.2) is 0 Å². The lowest BCUT2D eigenvalue weighted by atomic mass is 9.93. The van der Waals surface area contributed by atoms with Crippen molar-refractivity contribution in [1.82, 2.24) is 0 Å². The van der Waals surface area contributed by atoms with Crippen molar-refractivity contribution in [3.63, 3.8) is 0 Å². The van der Waals surface area contributed by atoms with Gasteiger partial charge < -0.3 is 15.3 Å². The van der Waals surface area contributed by atoms with Gasteiger partial charge in [-0.05, 0) is 12.8 Å². The van der Waals surface area contributed by atoms with Crippen LogP contribution in [0.4, 0.5) is 0 Å². The molecule has 0 aliphatic carbocycles. The first kappa shape index (κ1) is 17.4. The minimum atomic E-state index is -1.83. The van der Waals surface area contributed by atoms with Gasteiger partial charge in [0, 0.05) is 12.8 Å². The largest absolute Gasteiger partial charge is 0.481 e. The molecule has 0 saturated heterocycles. The van der Waals surface area contributed by atoms with Crippen molar-refractivity contribution >= 4 is 5.97 Å². The zero-order valence-corrected chi connectivity index (χ0v) is 11.7. The van der Waals surface area contributed by atoms with Gasteiger partial charge in [0.1, 0.15) is 0 Å². The molecule has 4 heteroatoms. The van der Waals surface area contributed by atoms with Crippen LogP contribution in [0.1, 0.15) is 71.6 Å². The topological polar surface area (TPSA) is 77.8 Å². The van der Waals surface area contributed by atoms with E-state index < -0.39 is 17.7 Å². The van der Waals surface area contributed by atoms with Crippen molar-refractivity contribution in [3.05, 3.63) is 0 Å². The van der Waals surface area contributed by atoms with E-state index in [0.29, 0.717) is 6.42 Å². The Morgan fingerprint density at radius 2 is 1.61 bits per heavy atom.